The number of hydrogen-bond donors (Lipinski definition) is 3. The number of carbonyl (C=O) groups excluding carboxylic acids is 1. The van der Waals surface area contributed by atoms with Crippen LogP contribution in [-0.2, 0) is 11.3 Å². The first-order chi connectivity index (χ1) is 9.06. The maximum atomic E-state index is 11.7. The van der Waals surface area contributed by atoms with E-state index in [1.165, 1.54) is 0 Å². The number of ether oxygens (including phenoxy) is 1. The van der Waals surface area contributed by atoms with E-state index in [0.717, 1.165) is 0 Å². The number of anilines is 1. The Hall–Kier alpha value is -1.73. The summed E-state index contributed by atoms with van der Waals surface area (Å²) >= 11 is 0. The van der Waals surface area contributed by atoms with Crippen LogP contribution in [0.1, 0.15) is 19.5 Å². The maximum Gasteiger partial charge on any atom is 0.321 e. The monoisotopic (exact) mass is 268 g/mol. The van der Waals surface area contributed by atoms with E-state index in [1.807, 2.05) is 13.8 Å². The zero-order valence-corrected chi connectivity index (χ0v) is 11.4. The molecular formula is C12H20N4O3. The Bertz CT molecular complexity index is 412. The predicted octanol–water partition coefficient (Wildman–Crippen LogP) is 0.761. The van der Waals surface area contributed by atoms with Crippen molar-refractivity contribution >= 4 is 12.0 Å². The molecule has 0 spiro atoms. The Morgan fingerprint density at radius 2 is 2.26 bits per heavy atom. The van der Waals surface area contributed by atoms with Crippen molar-refractivity contribution in [1.29, 1.82) is 0 Å². The third-order valence-electron chi connectivity index (χ3n) is 2.55. The maximum absolute atomic E-state index is 11.7. The molecule has 0 fully saturated rings. The second-order valence-corrected chi connectivity index (χ2v) is 4.44. The zero-order chi connectivity index (χ0) is 14.3. The molecule has 0 saturated carbocycles. The van der Waals surface area contributed by atoms with Crippen molar-refractivity contribution in [3.63, 3.8) is 0 Å². The molecule has 0 bridgehead atoms. The van der Waals surface area contributed by atoms with Crippen molar-refractivity contribution in [2.24, 2.45) is 5.92 Å². The summed E-state index contributed by atoms with van der Waals surface area (Å²) in [7, 11) is 1.57. The highest BCUT2D eigenvalue weighted by molar-refractivity contribution is 5.87. The molecule has 0 unspecified atom stereocenters. The van der Waals surface area contributed by atoms with Gasteiger partial charge < -0.3 is 15.2 Å². The third-order valence-corrected chi connectivity index (χ3v) is 2.55. The molecule has 1 aromatic heterocycles. The average molecular weight is 268 g/mol. The lowest BCUT2D eigenvalue weighted by Crippen LogP contribution is -2.43. The predicted molar refractivity (Wildman–Crippen MR) is 70.6 cm³/mol. The quantitative estimate of drug-likeness (QED) is 0.708. The lowest BCUT2D eigenvalue weighted by molar-refractivity contribution is 0.181. The van der Waals surface area contributed by atoms with E-state index in [4.69, 9.17) is 9.84 Å². The number of aliphatic hydroxyl groups excluding tert-OH is 1. The van der Waals surface area contributed by atoms with Crippen molar-refractivity contribution in [3.8, 4) is 0 Å². The normalized spacial score (nSPS) is 12.3. The van der Waals surface area contributed by atoms with Crippen LogP contribution in [0.2, 0.25) is 0 Å². The van der Waals surface area contributed by atoms with E-state index in [9.17, 15) is 4.79 Å². The van der Waals surface area contributed by atoms with Gasteiger partial charge in [0.1, 0.15) is 0 Å². The van der Waals surface area contributed by atoms with Crippen LogP contribution in [0.5, 0.6) is 0 Å². The number of aromatic nitrogens is 2. The molecule has 3 N–H and O–H groups in total. The summed E-state index contributed by atoms with van der Waals surface area (Å²) in [4.78, 5) is 19.8. The van der Waals surface area contributed by atoms with Gasteiger partial charge in [-0.15, -0.1) is 0 Å². The van der Waals surface area contributed by atoms with Gasteiger partial charge in [0.25, 0.3) is 0 Å². The summed E-state index contributed by atoms with van der Waals surface area (Å²) in [6.45, 7) is 4.06. The fraction of sp³-hybridized carbons (Fsp3) is 0.583. The van der Waals surface area contributed by atoms with Crippen LogP contribution < -0.4 is 10.6 Å². The number of aliphatic hydroxyl groups is 1. The standard InChI is InChI=1S/C12H20N4O3/c1-8(2)10(6-17)15-12(18)16-11-13-5-4-9(14-11)7-19-3/h4-5,8,10,17H,6-7H2,1-3H3,(H2,13,14,15,16,18)/t10-/m1/s1. The Morgan fingerprint density at radius 3 is 2.84 bits per heavy atom. The number of urea groups is 1. The molecule has 0 radical (unpaired) electrons. The largest absolute Gasteiger partial charge is 0.394 e. The average Bonchev–Trinajstić information content (AvgIpc) is 2.36. The highest BCUT2D eigenvalue weighted by atomic mass is 16.5. The number of nitrogens with zero attached hydrogens (tertiary/aromatic N) is 2. The van der Waals surface area contributed by atoms with E-state index >= 15 is 0 Å². The number of methoxy groups -OCH3 is 1. The molecule has 2 amide bonds. The van der Waals surface area contributed by atoms with Crippen LogP contribution >= 0.6 is 0 Å². The van der Waals surface area contributed by atoms with Crippen LogP contribution in [0.15, 0.2) is 12.3 Å². The van der Waals surface area contributed by atoms with Gasteiger partial charge in [0, 0.05) is 13.3 Å². The molecule has 7 nitrogen and oxygen atoms in total. The molecule has 0 saturated heterocycles. The smallest absolute Gasteiger partial charge is 0.321 e. The molecule has 1 atom stereocenters. The molecule has 1 heterocycles. The summed E-state index contributed by atoms with van der Waals surface area (Å²) < 4.78 is 4.95. The third kappa shape index (κ3) is 5.19. The van der Waals surface area contributed by atoms with Crippen molar-refractivity contribution in [2.75, 3.05) is 19.0 Å². The first kappa shape index (κ1) is 15.3. The van der Waals surface area contributed by atoms with Crippen LogP contribution in [-0.4, -0.2) is 40.9 Å². The van der Waals surface area contributed by atoms with E-state index < -0.39 is 6.03 Å². The number of nitrogens with one attached hydrogen (secondary N) is 2. The first-order valence-corrected chi connectivity index (χ1v) is 6.06. The van der Waals surface area contributed by atoms with Gasteiger partial charge in [0.15, 0.2) is 0 Å². The minimum atomic E-state index is -0.442. The van der Waals surface area contributed by atoms with Crippen LogP contribution in [0, 0.1) is 5.92 Å². The summed E-state index contributed by atoms with van der Waals surface area (Å²) in [5.41, 5.74) is 0.676. The van der Waals surface area contributed by atoms with Gasteiger partial charge in [-0.2, -0.15) is 0 Å². The number of carbonyl (C=O) groups is 1. The van der Waals surface area contributed by atoms with Crippen molar-refractivity contribution in [3.05, 3.63) is 18.0 Å². The van der Waals surface area contributed by atoms with Gasteiger partial charge in [-0.3, -0.25) is 5.32 Å². The highest BCUT2D eigenvalue weighted by Crippen LogP contribution is 2.03. The fourth-order valence-electron chi connectivity index (χ4n) is 1.41. The van der Waals surface area contributed by atoms with Crippen LogP contribution in [0.3, 0.4) is 0 Å². The molecule has 0 aliphatic heterocycles. The van der Waals surface area contributed by atoms with E-state index in [1.54, 1.807) is 19.4 Å². The fourth-order valence-corrected chi connectivity index (χ4v) is 1.41. The minimum absolute atomic E-state index is 0.115. The van der Waals surface area contributed by atoms with Crippen molar-refractivity contribution < 1.29 is 14.6 Å². The summed E-state index contributed by atoms with van der Waals surface area (Å²) in [5, 5.41) is 14.3. The molecular weight excluding hydrogens is 248 g/mol. The van der Waals surface area contributed by atoms with Gasteiger partial charge in [-0.1, -0.05) is 13.8 Å². The van der Waals surface area contributed by atoms with Gasteiger partial charge in [-0.25, -0.2) is 14.8 Å². The van der Waals surface area contributed by atoms with E-state index in [2.05, 4.69) is 20.6 Å². The Morgan fingerprint density at radius 1 is 1.53 bits per heavy atom. The lowest BCUT2D eigenvalue weighted by atomic mass is 10.1. The SMILES string of the molecule is COCc1ccnc(NC(=O)N[C@H](CO)C(C)C)n1. The lowest BCUT2D eigenvalue weighted by Gasteiger charge is -2.19. The summed E-state index contributed by atoms with van der Waals surface area (Å²) in [5.74, 6) is 0.337. The molecule has 7 heteroatoms. The van der Waals surface area contributed by atoms with Gasteiger partial charge in [0.05, 0.1) is 24.9 Å². The zero-order valence-electron chi connectivity index (χ0n) is 11.4. The van der Waals surface area contributed by atoms with Gasteiger partial charge in [0.2, 0.25) is 5.95 Å². The molecule has 1 aromatic rings. The molecule has 1 rings (SSSR count). The van der Waals surface area contributed by atoms with Crippen molar-refractivity contribution in [1.82, 2.24) is 15.3 Å². The number of rotatable bonds is 6. The Kier molecular flexibility index (Phi) is 6.17. The molecule has 0 aromatic carbocycles. The highest BCUT2D eigenvalue weighted by Gasteiger charge is 2.15. The van der Waals surface area contributed by atoms with Gasteiger partial charge in [-0.05, 0) is 12.0 Å². The number of hydrogen-bond acceptors (Lipinski definition) is 5. The van der Waals surface area contributed by atoms with Crippen molar-refractivity contribution in [2.45, 2.75) is 26.5 Å². The number of amides is 2. The molecule has 0 aliphatic rings. The summed E-state index contributed by atoms with van der Waals surface area (Å²) in [6, 6.07) is 0.960. The second-order valence-electron chi connectivity index (χ2n) is 4.44. The molecule has 106 valence electrons. The second kappa shape index (κ2) is 7.65. The van der Waals surface area contributed by atoms with Gasteiger partial charge >= 0.3 is 6.03 Å². The van der Waals surface area contributed by atoms with E-state index in [-0.39, 0.29) is 24.5 Å². The first-order valence-electron chi connectivity index (χ1n) is 6.06. The van der Waals surface area contributed by atoms with Crippen LogP contribution in [0.4, 0.5) is 10.7 Å². The molecule has 19 heavy (non-hydrogen) atoms. The summed E-state index contributed by atoms with van der Waals surface area (Å²) in [6.07, 6.45) is 1.54. The Labute approximate surface area is 112 Å². The minimum Gasteiger partial charge on any atom is -0.394 e. The molecule has 0 aliphatic carbocycles. The topological polar surface area (TPSA) is 96.4 Å². The van der Waals surface area contributed by atoms with Crippen LogP contribution in [0.25, 0.3) is 0 Å². The Balaban J connectivity index is 2.58. The van der Waals surface area contributed by atoms with E-state index in [0.29, 0.717) is 12.3 Å².